The molecule has 0 amide bonds. The quantitative estimate of drug-likeness (QED) is 0.584. The van der Waals surface area contributed by atoms with Gasteiger partial charge in [-0.2, -0.15) is 0 Å². The Morgan fingerprint density at radius 1 is 1.19 bits per heavy atom. The van der Waals surface area contributed by atoms with Crippen molar-refractivity contribution >= 4 is 15.9 Å². The average molecular weight is 346 g/mol. The molecule has 0 spiro atoms. The number of aryl methyl sites for hydroxylation is 1. The first-order valence-corrected chi connectivity index (χ1v) is 7.76. The third kappa shape index (κ3) is 5.03. The molecule has 0 unspecified atom stereocenters. The highest BCUT2D eigenvalue weighted by atomic mass is 79.9. The van der Waals surface area contributed by atoms with Crippen LogP contribution < -0.4 is 10.1 Å². The average Bonchev–Trinajstić information content (AvgIpc) is 2.48. The minimum Gasteiger partial charge on any atom is -0.489 e. The van der Waals surface area contributed by atoms with Crippen LogP contribution in [0.4, 0.5) is 0 Å². The lowest BCUT2D eigenvalue weighted by Crippen LogP contribution is -2.13. The summed E-state index contributed by atoms with van der Waals surface area (Å²) in [7, 11) is 0. The Labute approximate surface area is 135 Å². The third-order valence-electron chi connectivity index (χ3n) is 3.14. The summed E-state index contributed by atoms with van der Waals surface area (Å²) in [5, 5.41) is 3.31. The van der Waals surface area contributed by atoms with E-state index in [2.05, 4.69) is 65.1 Å². The molecule has 3 heteroatoms. The van der Waals surface area contributed by atoms with Gasteiger partial charge in [0, 0.05) is 23.1 Å². The largest absolute Gasteiger partial charge is 0.489 e. The van der Waals surface area contributed by atoms with E-state index in [-0.39, 0.29) is 0 Å². The summed E-state index contributed by atoms with van der Waals surface area (Å²) in [5.74, 6) is 0.912. The minimum absolute atomic E-state index is 0.580. The monoisotopic (exact) mass is 345 g/mol. The van der Waals surface area contributed by atoms with Crippen LogP contribution in [0.5, 0.6) is 5.75 Å². The number of hydrogen-bond donors (Lipinski definition) is 1. The fourth-order valence-electron chi connectivity index (χ4n) is 1.98. The van der Waals surface area contributed by atoms with Gasteiger partial charge in [0.05, 0.1) is 0 Å². The van der Waals surface area contributed by atoms with Gasteiger partial charge in [-0.3, -0.25) is 0 Å². The van der Waals surface area contributed by atoms with E-state index < -0.39 is 0 Å². The van der Waals surface area contributed by atoms with Crippen LogP contribution in [0.2, 0.25) is 0 Å². The lowest BCUT2D eigenvalue weighted by molar-refractivity contribution is 0.302. The van der Waals surface area contributed by atoms with E-state index in [4.69, 9.17) is 4.74 Å². The van der Waals surface area contributed by atoms with E-state index in [1.165, 1.54) is 11.1 Å². The van der Waals surface area contributed by atoms with E-state index >= 15 is 0 Å². The molecule has 2 aromatic rings. The summed E-state index contributed by atoms with van der Waals surface area (Å²) in [6, 6.07) is 14.5. The molecule has 0 saturated carbocycles. The Bertz CT molecular complexity index is 593. The maximum atomic E-state index is 5.96. The summed E-state index contributed by atoms with van der Waals surface area (Å²) in [4.78, 5) is 0. The second-order valence-electron chi connectivity index (χ2n) is 4.95. The standard InChI is InChI=1S/C18H20BrNO/c1-3-10-20-12-16-11-17(19)8-9-18(16)21-13-15-6-4-14(2)5-7-15/h3-9,11,20H,1,10,12-13H2,2H3. The first kappa shape index (κ1) is 15.8. The molecule has 0 saturated heterocycles. The molecule has 0 aliphatic heterocycles. The summed E-state index contributed by atoms with van der Waals surface area (Å²) in [5.41, 5.74) is 3.57. The van der Waals surface area contributed by atoms with Gasteiger partial charge in [-0.15, -0.1) is 6.58 Å². The highest BCUT2D eigenvalue weighted by Gasteiger charge is 2.05. The Hall–Kier alpha value is -1.58. The van der Waals surface area contributed by atoms with Crippen molar-refractivity contribution in [3.8, 4) is 5.75 Å². The fourth-order valence-corrected chi connectivity index (χ4v) is 2.39. The molecule has 2 rings (SSSR count). The summed E-state index contributed by atoms with van der Waals surface area (Å²) in [6.45, 7) is 7.92. The first-order valence-electron chi connectivity index (χ1n) is 6.97. The molecule has 1 N–H and O–H groups in total. The Balaban J connectivity index is 2.04. The Morgan fingerprint density at radius 3 is 2.67 bits per heavy atom. The fraction of sp³-hybridized carbons (Fsp3) is 0.222. The van der Waals surface area contributed by atoms with Crippen molar-refractivity contribution in [3.63, 3.8) is 0 Å². The molecule has 0 heterocycles. The van der Waals surface area contributed by atoms with Crippen LogP contribution in [0.15, 0.2) is 59.6 Å². The van der Waals surface area contributed by atoms with Gasteiger partial charge in [0.2, 0.25) is 0 Å². The zero-order valence-electron chi connectivity index (χ0n) is 12.2. The highest BCUT2D eigenvalue weighted by Crippen LogP contribution is 2.24. The number of ether oxygens (including phenoxy) is 1. The molecule has 2 aromatic carbocycles. The second-order valence-corrected chi connectivity index (χ2v) is 5.86. The predicted octanol–water partition coefficient (Wildman–Crippen LogP) is 4.61. The third-order valence-corrected chi connectivity index (χ3v) is 3.63. The van der Waals surface area contributed by atoms with Crippen molar-refractivity contribution in [2.24, 2.45) is 0 Å². The van der Waals surface area contributed by atoms with Crippen LogP contribution in [0.3, 0.4) is 0 Å². The van der Waals surface area contributed by atoms with E-state index in [9.17, 15) is 0 Å². The maximum absolute atomic E-state index is 5.96. The second kappa shape index (κ2) is 8.01. The molecule has 0 fully saturated rings. The highest BCUT2D eigenvalue weighted by molar-refractivity contribution is 9.10. The van der Waals surface area contributed by atoms with Crippen LogP contribution in [-0.4, -0.2) is 6.54 Å². The van der Waals surface area contributed by atoms with Crippen molar-refractivity contribution in [1.82, 2.24) is 5.32 Å². The number of rotatable bonds is 7. The number of halogens is 1. The Kier molecular flexibility index (Phi) is 6.03. The summed E-state index contributed by atoms with van der Waals surface area (Å²) >= 11 is 3.51. The number of hydrogen-bond acceptors (Lipinski definition) is 2. The molecule has 0 atom stereocenters. The first-order chi connectivity index (χ1) is 10.2. The molecule has 0 aliphatic carbocycles. The predicted molar refractivity (Wildman–Crippen MR) is 91.6 cm³/mol. The van der Waals surface area contributed by atoms with E-state index in [0.29, 0.717) is 6.61 Å². The van der Waals surface area contributed by atoms with E-state index in [1.807, 2.05) is 18.2 Å². The van der Waals surface area contributed by atoms with Gasteiger partial charge in [0.25, 0.3) is 0 Å². The Morgan fingerprint density at radius 2 is 1.95 bits per heavy atom. The summed E-state index contributed by atoms with van der Waals surface area (Å²) in [6.07, 6.45) is 1.85. The van der Waals surface area contributed by atoms with Gasteiger partial charge in [-0.1, -0.05) is 51.8 Å². The van der Waals surface area contributed by atoms with Gasteiger partial charge in [-0.05, 0) is 30.7 Å². The normalized spacial score (nSPS) is 10.4. The van der Waals surface area contributed by atoms with Gasteiger partial charge in [-0.25, -0.2) is 0 Å². The van der Waals surface area contributed by atoms with Gasteiger partial charge >= 0.3 is 0 Å². The van der Waals surface area contributed by atoms with Crippen molar-refractivity contribution in [1.29, 1.82) is 0 Å². The number of nitrogens with one attached hydrogen (secondary N) is 1. The van der Waals surface area contributed by atoms with Crippen molar-refractivity contribution in [2.45, 2.75) is 20.1 Å². The maximum Gasteiger partial charge on any atom is 0.124 e. The van der Waals surface area contributed by atoms with Crippen LogP contribution in [0.25, 0.3) is 0 Å². The van der Waals surface area contributed by atoms with E-state index in [0.717, 1.165) is 28.9 Å². The molecule has 0 aromatic heterocycles. The van der Waals surface area contributed by atoms with Crippen molar-refractivity contribution < 1.29 is 4.74 Å². The molecule has 110 valence electrons. The van der Waals surface area contributed by atoms with Gasteiger partial charge in [0.15, 0.2) is 0 Å². The smallest absolute Gasteiger partial charge is 0.124 e. The lowest BCUT2D eigenvalue weighted by atomic mass is 10.1. The van der Waals surface area contributed by atoms with Crippen molar-refractivity contribution in [3.05, 3.63) is 76.3 Å². The molecular formula is C18H20BrNO. The molecule has 0 bridgehead atoms. The van der Waals surface area contributed by atoms with E-state index in [1.54, 1.807) is 0 Å². The minimum atomic E-state index is 0.580. The van der Waals surface area contributed by atoms with Gasteiger partial charge < -0.3 is 10.1 Å². The zero-order valence-corrected chi connectivity index (χ0v) is 13.8. The molecule has 0 aliphatic rings. The SMILES string of the molecule is C=CCNCc1cc(Br)ccc1OCc1ccc(C)cc1. The van der Waals surface area contributed by atoms with Crippen LogP contribution in [-0.2, 0) is 13.2 Å². The zero-order chi connectivity index (χ0) is 15.1. The summed E-state index contributed by atoms with van der Waals surface area (Å²) < 4.78 is 7.02. The molecular weight excluding hydrogens is 326 g/mol. The topological polar surface area (TPSA) is 21.3 Å². The number of benzene rings is 2. The molecule has 21 heavy (non-hydrogen) atoms. The van der Waals surface area contributed by atoms with Crippen LogP contribution in [0, 0.1) is 6.92 Å². The van der Waals surface area contributed by atoms with Gasteiger partial charge in [0.1, 0.15) is 12.4 Å². The van der Waals surface area contributed by atoms with Crippen LogP contribution in [0.1, 0.15) is 16.7 Å². The van der Waals surface area contributed by atoms with Crippen LogP contribution >= 0.6 is 15.9 Å². The molecule has 0 radical (unpaired) electrons. The molecule has 2 nitrogen and oxygen atoms in total. The van der Waals surface area contributed by atoms with Crippen molar-refractivity contribution in [2.75, 3.05) is 6.54 Å². The lowest BCUT2D eigenvalue weighted by Gasteiger charge is -2.12.